The van der Waals surface area contributed by atoms with Gasteiger partial charge in [0.05, 0.1) is 14.2 Å². The third-order valence-corrected chi connectivity index (χ3v) is 4.81. The number of thiophene rings is 1. The van der Waals surface area contributed by atoms with Gasteiger partial charge < -0.3 is 14.8 Å². The van der Waals surface area contributed by atoms with Gasteiger partial charge >= 0.3 is 0 Å². The molecule has 2 aromatic rings. The van der Waals surface area contributed by atoms with Crippen LogP contribution < -0.4 is 14.8 Å². The Morgan fingerprint density at radius 3 is 2.95 bits per heavy atom. The molecule has 1 aromatic heterocycles. The lowest BCUT2D eigenvalue weighted by Crippen LogP contribution is -2.30. The Morgan fingerprint density at radius 2 is 2.15 bits per heavy atom. The number of hydrogen-bond donors (Lipinski definition) is 1. The Morgan fingerprint density at radius 1 is 1.25 bits per heavy atom. The fraction of sp³-hybridized carbons (Fsp3) is 0.375. The van der Waals surface area contributed by atoms with E-state index in [4.69, 9.17) is 9.47 Å². The second-order valence-corrected chi connectivity index (χ2v) is 5.94. The number of rotatable bonds is 4. The fourth-order valence-corrected chi connectivity index (χ4v) is 3.72. The summed E-state index contributed by atoms with van der Waals surface area (Å²) in [5.41, 5.74) is 2.62. The van der Waals surface area contributed by atoms with Crippen LogP contribution in [0.3, 0.4) is 0 Å². The predicted octanol–water partition coefficient (Wildman–Crippen LogP) is 3.19. The summed E-state index contributed by atoms with van der Waals surface area (Å²) in [6, 6.07) is 8.59. The van der Waals surface area contributed by atoms with Gasteiger partial charge in [-0.15, -0.1) is 11.3 Å². The van der Waals surface area contributed by atoms with E-state index in [1.54, 1.807) is 14.2 Å². The minimum Gasteiger partial charge on any atom is -0.497 e. The van der Waals surface area contributed by atoms with Gasteiger partial charge in [-0.2, -0.15) is 0 Å². The third-order valence-electron chi connectivity index (χ3n) is 3.81. The van der Waals surface area contributed by atoms with Crippen molar-refractivity contribution in [3.63, 3.8) is 0 Å². The van der Waals surface area contributed by atoms with Crippen molar-refractivity contribution >= 4 is 11.3 Å². The van der Waals surface area contributed by atoms with Gasteiger partial charge in [-0.1, -0.05) is 0 Å². The molecule has 0 saturated carbocycles. The molecule has 1 aliphatic heterocycles. The molecule has 0 spiro atoms. The van der Waals surface area contributed by atoms with Crippen molar-refractivity contribution in [2.24, 2.45) is 0 Å². The highest BCUT2D eigenvalue weighted by Gasteiger charge is 2.22. The highest BCUT2D eigenvalue weighted by atomic mass is 32.1. The van der Waals surface area contributed by atoms with Gasteiger partial charge in [-0.3, -0.25) is 0 Å². The van der Waals surface area contributed by atoms with Crippen LogP contribution in [0.2, 0.25) is 0 Å². The van der Waals surface area contributed by atoms with Gasteiger partial charge in [0.15, 0.2) is 0 Å². The van der Waals surface area contributed by atoms with E-state index in [1.165, 1.54) is 16.0 Å². The van der Waals surface area contributed by atoms with Crippen molar-refractivity contribution in [1.29, 1.82) is 0 Å². The topological polar surface area (TPSA) is 30.5 Å². The molecule has 0 aliphatic carbocycles. The molecule has 20 heavy (non-hydrogen) atoms. The molecule has 1 aliphatic rings. The van der Waals surface area contributed by atoms with E-state index in [2.05, 4.69) is 22.8 Å². The Hall–Kier alpha value is -1.52. The average Bonchev–Trinajstić information content (AvgIpc) is 2.96. The fourth-order valence-electron chi connectivity index (χ4n) is 2.78. The van der Waals surface area contributed by atoms with E-state index >= 15 is 0 Å². The van der Waals surface area contributed by atoms with Gasteiger partial charge in [0.1, 0.15) is 11.5 Å². The van der Waals surface area contributed by atoms with Crippen LogP contribution in [0, 0.1) is 0 Å². The molecule has 0 saturated heterocycles. The molecule has 1 unspecified atom stereocenters. The molecule has 4 heteroatoms. The molecule has 1 atom stereocenters. The number of fused-ring (bicyclic) bond motifs is 1. The van der Waals surface area contributed by atoms with Gasteiger partial charge in [-0.05, 0) is 53.6 Å². The standard InChI is InChI=1S/C16H19NO2S/c1-18-12-3-4-15(19-2)11(9-12)10-14-13-6-8-20-16(13)5-7-17-14/h3-4,6,8-9,14,17H,5,7,10H2,1-2H3. The van der Waals surface area contributed by atoms with Crippen molar-refractivity contribution in [3.8, 4) is 11.5 Å². The summed E-state index contributed by atoms with van der Waals surface area (Å²) in [7, 11) is 3.41. The lowest BCUT2D eigenvalue weighted by atomic mass is 9.95. The van der Waals surface area contributed by atoms with Gasteiger partial charge in [0.25, 0.3) is 0 Å². The first-order chi connectivity index (χ1) is 9.81. The van der Waals surface area contributed by atoms with Crippen LogP contribution in [0.5, 0.6) is 11.5 Å². The van der Waals surface area contributed by atoms with Crippen molar-refractivity contribution in [1.82, 2.24) is 5.32 Å². The van der Waals surface area contributed by atoms with Gasteiger partial charge in [0, 0.05) is 17.5 Å². The number of methoxy groups -OCH3 is 2. The Bertz CT molecular complexity index is 594. The molecule has 0 bridgehead atoms. The quantitative estimate of drug-likeness (QED) is 0.937. The molecule has 2 heterocycles. The second-order valence-electron chi connectivity index (χ2n) is 4.94. The van der Waals surface area contributed by atoms with Crippen LogP contribution in [-0.2, 0) is 12.8 Å². The first kappa shape index (κ1) is 13.5. The molecule has 3 rings (SSSR count). The number of benzene rings is 1. The Kier molecular flexibility index (Phi) is 3.94. The first-order valence-electron chi connectivity index (χ1n) is 6.82. The predicted molar refractivity (Wildman–Crippen MR) is 82.0 cm³/mol. The lowest BCUT2D eigenvalue weighted by Gasteiger charge is -2.25. The summed E-state index contributed by atoms with van der Waals surface area (Å²) in [5, 5.41) is 5.80. The lowest BCUT2D eigenvalue weighted by molar-refractivity contribution is 0.394. The van der Waals surface area contributed by atoms with E-state index in [1.807, 2.05) is 23.5 Å². The summed E-state index contributed by atoms with van der Waals surface area (Å²) in [5.74, 6) is 1.80. The maximum absolute atomic E-state index is 5.48. The van der Waals surface area contributed by atoms with E-state index in [9.17, 15) is 0 Å². The minimum absolute atomic E-state index is 0.367. The smallest absolute Gasteiger partial charge is 0.122 e. The van der Waals surface area contributed by atoms with Crippen LogP contribution in [0.25, 0.3) is 0 Å². The van der Waals surface area contributed by atoms with Crippen molar-refractivity contribution in [2.75, 3.05) is 20.8 Å². The van der Waals surface area contributed by atoms with E-state index in [-0.39, 0.29) is 0 Å². The third kappa shape index (κ3) is 2.53. The molecule has 106 valence electrons. The monoisotopic (exact) mass is 289 g/mol. The van der Waals surface area contributed by atoms with Crippen molar-refractivity contribution in [3.05, 3.63) is 45.6 Å². The maximum atomic E-state index is 5.48. The number of hydrogen-bond acceptors (Lipinski definition) is 4. The largest absolute Gasteiger partial charge is 0.497 e. The minimum atomic E-state index is 0.367. The molecular weight excluding hydrogens is 270 g/mol. The Balaban J connectivity index is 1.88. The Labute approximate surface area is 123 Å². The summed E-state index contributed by atoms with van der Waals surface area (Å²) >= 11 is 1.86. The molecule has 3 nitrogen and oxygen atoms in total. The second kappa shape index (κ2) is 5.85. The van der Waals surface area contributed by atoms with E-state index in [0.29, 0.717) is 6.04 Å². The van der Waals surface area contributed by atoms with Crippen LogP contribution in [0.15, 0.2) is 29.6 Å². The highest BCUT2D eigenvalue weighted by Crippen LogP contribution is 2.33. The molecule has 0 fully saturated rings. The highest BCUT2D eigenvalue weighted by molar-refractivity contribution is 7.10. The van der Waals surface area contributed by atoms with E-state index < -0.39 is 0 Å². The first-order valence-corrected chi connectivity index (χ1v) is 7.70. The molecule has 0 amide bonds. The van der Waals surface area contributed by atoms with Gasteiger partial charge in [-0.25, -0.2) is 0 Å². The summed E-state index contributed by atoms with van der Waals surface area (Å²) < 4.78 is 10.8. The summed E-state index contributed by atoms with van der Waals surface area (Å²) in [6.45, 7) is 1.05. The van der Waals surface area contributed by atoms with Crippen LogP contribution in [-0.4, -0.2) is 20.8 Å². The van der Waals surface area contributed by atoms with Crippen molar-refractivity contribution < 1.29 is 9.47 Å². The number of ether oxygens (including phenoxy) is 2. The van der Waals surface area contributed by atoms with Crippen LogP contribution >= 0.6 is 11.3 Å². The number of nitrogens with one attached hydrogen (secondary N) is 1. The summed E-state index contributed by atoms with van der Waals surface area (Å²) in [6.07, 6.45) is 2.06. The molecule has 1 N–H and O–H groups in total. The van der Waals surface area contributed by atoms with E-state index in [0.717, 1.165) is 30.9 Å². The zero-order valence-electron chi connectivity index (χ0n) is 11.8. The normalized spacial score (nSPS) is 17.6. The van der Waals surface area contributed by atoms with Crippen LogP contribution in [0.1, 0.15) is 22.0 Å². The maximum Gasteiger partial charge on any atom is 0.122 e. The zero-order chi connectivity index (χ0) is 13.9. The average molecular weight is 289 g/mol. The molecular formula is C16H19NO2S. The molecule has 0 radical (unpaired) electrons. The molecule has 1 aromatic carbocycles. The van der Waals surface area contributed by atoms with Gasteiger partial charge in [0.2, 0.25) is 0 Å². The SMILES string of the molecule is COc1ccc(OC)c(CC2NCCc3sccc32)c1. The van der Waals surface area contributed by atoms with Crippen molar-refractivity contribution in [2.45, 2.75) is 18.9 Å². The zero-order valence-corrected chi connectivity index (χ0v) is 12.6. The van der Waals surface area contributed by atoms with Crippen LogP contribution in [0.4, 0.5) is 0 Å². The summed E-state index contributed by atoms with van der Waals surface area (Å²) in [4.78, 5) is 1.51.